The molecule has 0 saturated heterocycles. The topological polar surface area (TPSA) is 48.0 Å². The molecule has 0 unspecified atom stereocenters. The number of carbonyl (C=O) groups excluding carboxylic acids is 1. The molecule has 0 heterocycles. The molecule has 2 aromatic rings. The number of esters is 1. The minimum atomic E-state index is -0.495. The van der Waals surface area contributed by atoms with E-state index in [1.807, 2.05) is 39.0 Å². The molecule has 4 atom stereocenters. The summed E-state index contributed by atoms with van der Waals surface area (Å²) in [7, 11) is 3.31. The fourth-order valence-electron chi connectivity index (χ4n) is 5.26. The van der Waals surface area contributed by atoms with Crippen molar-refractivity contribution in [1.29, 1.82) is 0 Å². The predicted molar refractivity (Wildman–Crippen MR) is 136 cm³/mol. The SMILES string of the molecule is CC[C@H]1CC[C@H](C(=O)OC(C)(C)C)[C@@H]1N(Cc1ccc(OC)c(OC)c1)[C@H](C)c1ccccc1. The molecule has 0 aromatic heterocycles. The zero-order valence-electron chi connectivity index (χ0n) is 21.8. The van der Waals surface area contributed by atoms with Crippen molar-refractivity contribution in [2.45, 2.75) is 78.1 Å². The van der Waals surface area contributed by atoms with Gasteiger partial charge in [0.15, 0.2) is 11.5 Å². The molecule has 5 nitrogen and oxygen atoms in total. The van der Waals surface area contributed by atoms with Gasteiger partial charge in [-0.25, -0.2) is 0 Å². The first-order valence-electron chi connectivity index (χ1n) is 12.4. The molecule has 0 bridgehead atoms. The summed E-state index contributed by atoms with van der Waals surface area (Å²) in [5.74, 6) is 1.65. The van der Waals surface area contributed by atoms with Crippen molar-refractivity contribution in [3.05, 3.63) is 59.7 Å². The maximum atomic E-state index is 13.3. The van der Waals surface area contributed by atoms with Crippen LogP contribution in [0.15, 0.2) is 48.5 Å². The maximum absolute atomic E-state index is 13.3. The normalized spacial score (nSPS) is 21.4. The lowest BCUT2D eigenvalue weighted by atomic mass is 9.90. The van der Waals surface area contributed by atoms with Gasteiger partial charge in [0.2, 0.25) is 0 Å². The maximum Gasteiger partial charge on any atom is 0.311 e. The third-order valence-electron chi connectivity index (χ3n) is 6.95. The molecule has 0 N–H and O–H groups in total. The van der Waals surface area contributed by atoms with Gasteiger partial charge >= 0.3 is 5.97 Å². The molecule has 0 amide bonds. The van der Waals surface area contributed by atoms with E-state index in [9.17, 15) is 4.79 Å². The summed E-state index contributed by atoms with van der Waals surface area (Å²) in [6.45, 7) is 11.0. The second-order valence-electron chi connectivity index (χ2n) is 10.3. The molecular formula is C29H41NO4. The zero-order chi connectivity index (χ0) is 24.9. The summed E-state index contributed by atoms with van der Waals surface area (Å²) in [5, 5.41) is 0. The third kappa shape index (κ3) is 6.12. The number of rotatable bonds is 9. The Hall–Kier alpha value is -2.53. The van der Waals surface area contributed by atoms with E-state index in [1.54, 1.807) is 14.2 Å². The number of hydrogen-bond donors (Lipinski definition) is 0. The van der Waals surface area contributed by atoms with Crippen molar-refractivity contribution in [1.82, 2.24) is 4.90 Å². The lowest BCUT2D eigenvalue weighted by molar-refractivity contribution is -0.162. The van der Waals surface area contributed by atoms with Crippen LogP contribution in [0, 0.1) is 11.8 Å². The van der Waals surface area contributed by atoms with Crippen molar-refractivity contribution in [2.24, 2.45) is 11.8 Å². The van der Waals surface area contributed by atoms with E-state index < -0.39 is 5.60 Å². The predicted octanol–water partition coefficient (Wildman–Crippen LogP) is 6.41. The number of nitrogens with zero attached hydrogens (tertiary/aromatic N) is 1. The van der Waals surface area contributed by atoms with Gasteiger partial charge in [-0.15, -0.1) is 0 Å². The van der Waals surface area contributed by atoms with Crippen LogP contribution in [0.1, 0.15) is 71.0 Å². The molecule has 0 radical (unpaired) electrons. The van der Waals surface area contributed by atoms with Gasteiger partial charge in [0, 0.05) is 18.6 Å². The van der Waals surface area contributed by atoms with E-state index >= 15 is 0 Å². The minimum Gasteiger partial charge on any atom is -0.493 e. The van der Waals surface area contributed by atoms with Crippen LogP contribution in [0.4, 0.5) is 0 Å². The van der Waals surface area contributed by atoms with Gasteiger partial charge in [-0.1, -0.05) is 49.7 Å². The van der Waals surface area contributed by atoms with Crippen LogP contribution in [0.5, 0.6) is 11.5 Å². The number of ether oxygens (including phenoxy) is 3. The van der Waals surface area contributed by atoms with Crippen molar-refractivity contribution < 1.29 is 19.0 Å². The molecular weight excluding hydrogens is 426 g/mol. The Balaban J connectivity index is 2.01. The summed E-state index contributed by atoms with van der Waals surface area (Å²) in [5.41, 5.74) is 1.88. The first kappa shape index (κ1) is 26.1. The third-order valence-corrected chi connectivity index (χ3v) is 6.95. The Bertz CT molecular complexity index is 937. The highest BCUT2D eigenvalue weighted by Gasteiger charge is 2.45. The molecule has 0 aliphatic heterocycles. The first-order valence-corrected chi connectivity index (χ1v) is 12.4. The highest BCUT2D eigenvalue weighted by atomic mass is 16.6. The van der Waals surface area contributed by atoms with E-state index in [0.29, 0.717) is 18.2 Å². The summed E-state index contributed by atoms with van der Waals surface area (Å²) >= 11 is 0. The van der Waals surface area contributed by atoms with E-state index in [4.69, 9.17) is 14.2 Å². The molecule has 0 spiro atoms. The van der Waals surface area contributed by atoms with Gasteiger partial charge in [0.05, 0.1) is 20.1 Å². The van der Waals surface area contributed by atoms with Crippen molar-refractivity contribution >= 4 is 5.97 Å². The van der Waals surface area contributed by atoms with Crippen LogP contribution in [0.25, 0.3) is 0 Å². The van der Waals surface area contributed by atoms with Gasteiger partial charge in [-0.3, -0.25) is 9.69 Å². The van der Waals surface area contributed by atoms with Crippen molar-refractivity contribution in [2.75, 3.05) is 14.2 Å². The minimum absolute atomic E-state index is 0.0778. The molecule has 1 saturated carbocycles. The zero-order valence-corrected chi connectivity index (χ0v) is 21.8. The van der Waals surface area contributed by atoms with Gasteiger partial charge in [-0.05, 0) is 69.7 Å². The Morgan fingerprint density at radius 2 is 1.71 bits per heavy atom. The van der Waals surface area contributed by atoms with E-state index in [-0.39, 0.29) is 24.0 Å². The second-order valence-corrected chi connectivity index (χ2v) is 10.3. The van der Waals surface area contributed by atoms with Crippen molar-refractivity contribution in [3.8, 4) is 11.5 Å². The highest BCUT2D eigenvalue weighted by Crippen LogP contribution is 2.42. The highest BCUT2D eigenvalue weighted by molar-refractivity contribution is 5.74. The smallest absolute Gasteiger partial charge is 0.311 e. The van der Waals surface area contributed by atoms with Gasteiger partial charge in [-0.2, -0.15) is 0 Å². The Kier molecular flexibility index (Phi) is 8.64. The average Bonchev–Trinajstić information content (AvgIpc) is 3.25. The molecule has 5 heteroatoms. The molecule has 1 fully saturated rings. The molecule has 2 aromatic carbocycles. The largest absolute Gasteiger partial charge is 0.493 e. The summed E-state index contributed by atoms with van der Waals surface area (Å²) in [6, 6.07) is 16.9. The van der Waals surface area contributed by atoms with Gasteiger partial charge in [0.25, 0.3) is 0 Å². The van der Waals surface area contributed by atoms with E-state index in [0.717, 1.165) is 30.6 Å². The summed E-state index contributed by atoms with van der Waals surface area (Å²) in [6.07, 6.45) is 2.94. The van der Waals surface area contributed by atoms with Crippen LogP contribution >= 0.6 is 0 Å². The fraction of sp³-hybridized carbons (Fsp3) is 0.552. The molecule has 1 aliphatic carbocycles. The molecule has 186 valence electrons. The van der Waals surface area contributed by atoms with Crippen LogP contribution in [0.3, 0.4) is 0 Å². The Labute approximate surface area is 205 Å². The van der Waals surface area contributed by atoms with Crippen LogP contribution in [0.2, 0.25) is 0 Å². The Morgan fingerprint density at radius 1 is 1.03 bits per heavy atom. The molecule has 3 rings (SSSR count). The monoisotopic (exact) mass is 467 g/mol. The number of carbonyl (C=O) groups is 1. The lowest BCUT2D eigenvalue weighted by Crippen LogP contribution is -2.46. The standard InChI is InChI=1S/C29H41NO4/c1-8-22-15-16-24(28(31)34-29(3,4)5)27(22)30(20(2)23-12-10-9-11-13-23)19-21-14-17-25(32-6)26(18-21)33-7/h9-14,17-18,20,22,24,27H,8,15-16,19H2,1-7H3/t20-,22+,24+,27-/m1/s1. The van der Waals surface area contributed by atoms with Crippen LogP contribution in [-0.4, -0.2) is 36.7 Å². The van der Waals surface area contributed by atoms with Crippen LogP contribution < -0.4 is 9.47 Å². The van der Waals surface area contributed by atoms with E-state index in [1.165, 1.54) is 5.56 Å². The quantitative estimate of drug-likeness (QED) is 0.399. The number of hydrogen-bond acceptors (Lipinski definition) is 5. The average molecular weight is 468 g/mol. The fourth-order valence-corrected chi connectivity index (χ4v) is 5.26. The second kappa shape index (κ2) is 11.3. The van der Waals surface area contributed by atoms with E-state index in [2.05, 4.69) is 49.1 Å². The first-order chi connectivity index (χ1) is 16.2. The summed E-state index contributed by atoms with van der Waals surface area (Å²) < 4.78 is 16.9. The van der Waals surface area contributed by atoms with Gasteiger partial charge < -0.3 is 14.2 Å². The van der Waals surface area contributed by atoms with Crippen LogP contribution in [-0.2, 0) is 16.1 Å². The number of benzene rings is 2. The van der Waals surface area contributed by atoms with Gasteiger partial charge in [0.1, 0.15) is 5.60 Å². The van der Waals surface area contributed by atoms with Crippen molar-refractivity contribution in [3.63, 3.8) is 0 Å². The number of methoxy groups -OCH3 is 2. The summed E-state index contributed by atoms with van der Waals surface area (Å²) in [4.78, 5) is 15.9. The molecule has 1 aliphatic rings. The Morgan fingerprint density at radius 3 is 2.29 bits per heavy atom. The lowest BCUT2D eigenvalue weighted by Gasteiger charge is -2.40. The molecule has 34 heavy (non-hydrogen) atoms.